The van der Waals surface area contributed by atoms with Crippen LogP contribution in [0.25, 0.3) is 0 Å². The Hall–Kier alpha value is -2.34. The summed E-state index contributed by atoms with van der Waals surface area (Å²) in [4.78, 5) is 7.54. The maximum absolute atomic E-state index is 12.3. The summed E-state index contributed by atoms with van der Waals surface area (Å²) in [5.41, 5.74) is 1.17. The zero-order valence-electron chi connectivity index (χ0n) is 15.6. The number of aliphatic imine (C=N–C) groups is 1. The van der Waals surface area contributed by atoms with Gasteiger partial charge in [-0.15, -0.1) is 0 Å². The van der Waals surface area contributed by atoms with Gasteiger partial charge in [-0.1, -0.05) is 30.3 Å². The highest BCUT2D eigenvalue weighted by Gasteiger charge is 2.08. The molecular weight excluding hydrogens is 346 g/mol. The van der Waals surface area contributed by atoms with Gasteiger partial charge in [-0.05, 0) is 36.8 Å². The van der Waals surface area contributed by atoms with Crippen LogP contribution in [-0.4, -0.2) is 48.1 Å². The Morgan fingerprint density at radius 2 is 1.85 bits per heavy atom. The average Bonchev–Trinajstić information content (AvgIpc) is 2.68. The largest absolute Gasteiger partial charge is 0.497 e. The van der Waals surface area contributed by atoms with Crippen LogP contribution in [0, 0.1) is 0 Å². The first-order chi connectivity index (χ1) is 12.6. The van der Waals surface area contributed by atoms with E-state index in [0.29, 0.717) is 12.3 Å². The lowest BCUT2D eigenvalue weighted by atomic mass is 10.2. The SMILES string of the molecule is CCNC(=NCCS(=O)c1ccccc1)N(C)Cc1ccc(OC)cc1. The number of guanidine groups is 1. The fourth-order valence-electron chi connectivity index (χ4n) is 2.47. The van der Waals surface area contributed by atoms with Crippen molar-refractivity contribution in [1.29, 1.82) is 0 Å². The van der Waals surface area contributed by atoms with Crippen LogP contribution >= 0.6 is 0 Å². The van der Waals surface area contributed by atoms with Crippen molar-refractivity contribution in [3.05, 3.63) is 60.2 Å². The molecule has 2 aromatic rings. The van der Waals surface area contributed by atoms with Crippen molar-refractivity contribution in [3.63, 3.8) is 0 Å². The summed E-state index contributed by atoms with van der Waals surface area (Å²) in [5, 5.41) is 3.29. The lowest BCUT2D eigenvalue weighted by Gasteiger charge is -2.22. The third-order valence-corrected chi connectivity index (χ3v) is 5.17. The molecule has 0 radical (unpaired) electrons. The van der Waals surface area contributed by atoms with Crippen molar-refractivity contribution in [2.75, 3.05) is 33.0 Å². The third-order valence-electron chi connectivity index (χ3n) is 3.82. The maximum atomic E-state index is 12.3. The normalized spacial score (nSPS) is 12.5. The molecule has 0 aliphatic rings. The molecule has 140 valence electrons. The predicted octanol–water partition coefficient (Wildman–Crippen LogP) is 2.90. The van der Waals surface area contributed by atoms with Crippen LogP contribution in [0.2, 0.25) is 0 Å². The number of rotatable bonds is 8. The molecule has 0 fully saturated rings. The first-order valence-corrected chi connectivity index (χ1v) is 10.0. The molecule has 0 bridgehead atoms. The highest BCUT2D eigenvalue weighted by atomic mass is 32.2. The first kappa shape index (κ1) is 20.0. The van der Waals surface area contributed by atoms with Gasteiger partial charge in [0.2, 0.25) is 0 Å². The second kappa shape index (κ2) is 10.6. The van der Waals surface area contributed by atoms with Gasteiger partial charge in [0.05, 0.1) is 24.5 Å². The highest BCUT2D eigenvalue weighted by molar-refractivity contribution is 7.85. The van der Waals surface area contributed by atoms with E-state index in [9.17, 15) is 4.21 Å². The molecule has 0 aliphatic carbocycles. The highest BCUT2D eigenvalue weighted by Crippen LogP contribution is 2.12. The van der Waals surface area contributed by atoms with E-state index in [2.05, 4.69) is 15.2 Å². The first-order valence-electron chi connectivity index (χ1n) is 8.69. The Morgan fingerprint density at radius 1 is 1.15 bits per heavy atom. The van der Waals surface area contributed by atoms with Crippen molar-refractivity contribution in [2.24, 2.45) is 4.99 Å². The summed E-state index contributed by atoms with van der Waals surface area (Å²) in [7, 11) is 2.64. The van der Waals surface area contributed by atoms with Gasteiger partial charge in [0.1, 0.15) is 5.75 Å². The monoisotopic (exact) mass is 373 g/mol. The van der Waals surface area contributed by atoms with Crippen LogP contribution in [0.4, 0.5) is 0 Å². The summed E-state index contributed by atoms with van der Waals surface area (Å²) in [5.74, 6) is 2.17. The topological polar surface area (TPSA) is 53.9 Å². The van der Waals surface area contributed by atoms with E-state index in [1.807, 2.05) is 68.6 Å². The molecule has 2 rings (SSSR count). The quantitative estimate of drug-likeness (QED) is 0.571. The maximum Gasteiger partial charge on any atom is 0.193 e. The van der Waals surface area contributed by atoms with Gasteiger partial charge in [-0.3, -0.25) is 9.20 Å². The van der Waals surface area contributed by atoms with Crippen LogP contribution in [-0.2, 0) is 17.3 Å². The minimum absolute atomic E-state index is 0.509. The van der Waals surface area contributed by atoms with Crippen LogP contribution in [0.5, 0.6) is 5.75 Å². The Labute approximate surface area is 158 Å². The Kier molecular flexibility index (Phi) is 8.15. The van der Waals surface area contributed by atoms with Crippen LogP contribution in [0.1, 0.15) is 12.5 Å². The number of methoxy groups -OCH3 is 1. The zero-order valence-corrected chi connectivity index (χ0v) is 16.5. The van der Waals surface area contributed by atoms with Gasteiger partial charge >= 0.3 is 0 Å². The van der Waals surface area contributed by atoms with Gasteiger partial charge in [0, 0.05) is 30.8 Å². The third kappa shape index (κ3) is 6.19. The summed E-state index contributed by atoms with van der Waals surface area (Å²) >= 11 is 0. The lowest BCUT2D eigenvalue weighted by molar-refractivity contribution is 0.414. The Bertz CT molecular complexity index is 718. The molecule has 26 heavy (non-hydrogen) atoms. The minimum atomic E-state index is -1.03. The standard InChI is InChI=1S/C20H27N3O2S/c1-4-21-20(22-14-15-26(24)19-8-6-5-7-9-19)23(2)16-17-10-12-18(25-3)13-11-17/h5-13H,4,14-16H2,1-3H3,(H,21,22). The molecule has 6 heteroatoms. The number of nitrogens with one attached hydrogen (secondary N) is 1. The van der Waals surface area contributed by atoms with Crippen LogP contribution in [0.3, 0.4) is 0 Å². The van der Waals surface area contributed by atoms with E-state index in [4.69, 9.17) is 4.74 Å². The molecule has 0 heterocycles. The smallest absolute Gasteiger partial charge is 0.193 e. The number of ether oxygens (including phenoxy) is 1. The lowest BCUT2D eigenvalue weighted by Crippen LogP contribution is -2.38. The second-order valence-electron chi connectivity index (χ2n) is 5.80. The van der Waals surface area contributed by atoms with Crippen LogP contribution < -0.4 is 10.1 Å². The predicted molar refractivity (Wildman–Crippen MR) is 108 cm³/mol. The van der Waals surface area contributed by atoms with Crippen molar-refractivity contribution >= 4 is 16.8 Å². The van der Waals surface area contributed by atoms with Crippen molar-refractivity contribution in [1.82, 2.24) is 10.2 Å². The van der Waals surface area contributed by atoms with Gasteiger partial charge in [-0.25, -0.2) is 0 Å². The molecule has 1 atom stereocenters. The van der Waals surface area contributed by atoms with E-state index in [1.54, 1.807) is 7.11 Å². The number of benzene rings is 2. The van der Waals surface area contributed by atoms with Gasteiger partial charge in [-0.2, -0.15) is 0 Å². The molecule has 0 aliphatic heterocycles. The van der Waals surface area contributed by atoms with E-state index in [1.165, 1.54) is 5.56 Å². The number of hydrogen-bond acceptors (Lipinski definition) is 3. The average molecular weight is 374 g/mol. The molecule has 1 unspecified atom stereocenters. The Morgan fingerprint density at radius 3 is 2.46 bits per heavy atom. The molecular formula is C20H27N3O2S. The van der Waals surface area contributed by atoms with Crippen molar-refractivity contribution < 1.29 is 8.95 Å². The van der Waals surface area contributed by atoms with Crippen molar-refractivity contribution in [3.8, 4) is 5.75 Å². The minimum Gasteiger partial charge on any atom is -0.497 e. The van der Waals surface area contributed by atoms with Gasteiger partial charge in [0.15, 0.2) is 5.96 Å². The fraction of sp³-hybridized carbons (Fsp3) is 0.350. The molecule has 0 amide bonds. The number of hydrogen-bond donors (Lipinski definition) is 1. The molecule has 2 aromatic carbocycles. The van der Waals surface area contributed by atoms with E-state index >= 15 is 0 Å². The molecule has 5 nitrogen and oxygen atoms in total. The van der Waals surface area contributed by atoms with Gasteiger partial charge in [0.25, 0.3) is 0 Å². The van der Waals surface area contributed by atoms with E-state index in [0.717, 1.165) is 29.7 Å². The summed E-state index contributed by atoms with van der Waals surface area (Å²) < 4.78 is 17.5. The number of nitrogens with zero attached hydrogens (tertiary/aromatic N) is 2. The van der Waals surface area contributed by atoms with E-state index in [-0.39, 0.29) is 0 Å². The van der Waals surface area contributed by atoms with E-state index < -0.39 is 10.8 Å². The molecule has 0 saturated carbocycles. The second-order valence-corrected chi connectivity index (χ2v) is 7.37. The summed E-state index contributed by atoms with van der Waals surface area (Å²) in [6, 6.07) is 17.5. The van der Waals surface area contributed by atoms with Crippen LogP contribution in [0.15, 0.2) is 64.5 Å². The molecule has 0 aromatic heterocycles. The molecule has 1 N–H and O–H groups in total. The summed E-state index contributed by atoms with van der Waals surface area (Å²) in [6.45, 7) is 4.07. The van der Waals surface area contributed by atoms with Gasteiger partial charge < -0.3 is 15.0 Å². The molecule has 0 saturated heterocycles. The summed E-state index contributed by atoms with van der Waals surface area (Å²) in [6.07, 6.45) is 0. The Balaban J connectivity index is 1.94. The molecule has 0 spiro atoms. The van der Waals surface area contributed by atoms with Crippen molar-refractivity contribution in [2.45, 2.75) is 18.4 Å². The fourth-order valence-corrected chi connectivity index (χ4v) is 3.43. The zero-order chi connectivity index (χ0) is 18.8.